The fourth-order valence-electron chi connectivity index (χ4n) is 2.54. The van der Waals surface area contributed by atoms with E-state index < -0.39 is 0 Å². The van der Waals surface area contributed by atoms with Crippen LogP contribution in [0.3, 0.4) is 0 Å². The van der Waals surface area contributed by atoms with Crippen molar-refractivity contribution in [3.05, 3.63) is 48.3 Å². The molecule has 0 unspecified atom stereocenters. The summed E-state index contributed by atoms with van der Waals surface area (Å²) in [5.41, 5.74) is 0.899. The van der Waals surface area contributed by atoms with Gasteiger partial charge < -0.3 is 19.4 Å². The van der Waals surface area contributed by atoms with Crippen LogP contribution in [0.2, 0.25) is 0 Å². The van der Waals surface area contributed by atoms with Crippen molar-refractivity contribution in [2.75, 3.05) is 25.3 Å². The van der Waals surface area contributed by atoms with Crippen LogP contribution >= 0.6 is 11.8 Å². The molecule has 3 aromatic rings. The second-order valence-electron chi connectivity index (χ2n) is 5.75. The second kappa shape index (κ2) is 8.75. The van der Waals surface area contributed by atoms with E-state index in [-0.39, 0.29) is 17.5 Å². The molecule has 146 valence electrons. The van der Waals surface area contributed by atoms with Crippen LogP contribution in [0.1, 0.15) is 0 Å². The van der Waals surface area contributed by atoms with Gasteiger partial charge in [-0.05, 0) is 24.3 Å². The normalized spacial score (nSPS) is 10.6. The van der Waals surface area contributed by atoms with E-state index >= 15 is 0 Å². The van der Waals surface area contributed by atoms with E-state index in [1.54, 1.807) is 55.1 Å². The number of aromatic nitrogens is 3. The number of carbonyl (C=O) groups is 1. The number of methoxy groups -OCH3 is 2. The summed E-state index contributed by atoms with van der Waals surface area (Å²) >= 11 is 1.21. The molecule has 3 rings (SSSR count). The molecule has 0 aliphatic rings. The summed E-state index contributed by atoms with van der Waals surface area (Å²) in [5.74, 6) is 1.03. The van der Waals surface area contributed by atoms with Gasteiger partial charge in [0.05, 0.1) is 31.2 Å². The summed E-state index contributed by atoms with van der Waals surface area (Å²) in [7, 11) is 4.80. The molecule has 0 fully saturated rings. The number of halogens is 1. The van der Waals surface area contributed by atoms with Gasteiger partial charge in [-0.1, -0.05) is 23.9 Å². The number of carbonyl (C=O) groups excluding carboxylic acids is 1. The average molecular weight is 402 g/mol. The molecule has 1 N–H and O–H groups in total. The molecule has 0 saturated heterocycles. The minimum Gasteiger partial charge on any atom is -0.497 e. The number of rotatable bonds is 7. The van der Waals surface area contributed by atoms with Crippen LogP contribution in [0.5, 0.6) is 11.5 Å². The number of nitrogens with one attached hydrogen (secondary N) is 1. The molecule has 0 bridgehead atoms. The number of ether oxygens (including phenoxy) is 2. The Balaban J connectivity index is 1.67. The van der Waals surface area contributed by atoms with Gasteiger partial charge in [0, 0.05) is 13.1 Å². The van der Waals surface area contributed by atoms with Crippen LogP contribution < -0.4 is 14.8 Å². The molecule has 2 aromatic carbocycles. The number of nitrogens with zero attached hydrogens (tertiary/aromatic N) is 3. The van der Waals surface area contributed by atoms with Crippen LogP contribution in [-0.4, -0.2) is 40.6 Å². The third-order valence-electron chi connectivity index (χ3n) is 3.96. The molecule has 1 amide bonds. The maximum atomic E-state index is 14.0. The van der Waals surface area contributed by atoms with Gasteiger partial charge in [0.15, 0.2) is 11.0 Å². The van der Waals surface area contributed by atoms with Gasteiger partial charge in [-0.3, -0.25) is 4.79 Å². The Morgan fingerprint density at radius 2 is 1.96 bits per heavy atom. The SMILES string of the molecule is COc1ccc(NC(=O)CSc2nnc(-c3ccccc3F)n2C)c(OC)c1. The van der Waals surface area contributed by atoms with Crippen LogP contribution in [-0.2, 0) is 11.8 Å². The van der Waals surface area contributed by atoms with E-state index in [0.29, 0.717) is 33.7 Å². The lowest BCUT2D eigenvalue weighted by molar-refractivity contribution is -0.113. The molecule has 0 saturated carbocycles. The third-order valence-corrected chi connectivity index (χ3v) is 4.99. The highest BCUT2D eigenvalue weighted by Gasteiger charge is 2.16. The fourth-order valence-corrected chi connectivity index (χ4v) is 3.25. The van der Waals surface area contributed by atoms with Gasteiger partial charge >= 0.3 is 0 Å². The number of hydrogen-bond acceptors (Lipinski definition) is 6. The van der Waals surface area contributed by atoms with Gasteiger partial charge in [-0.2, -0.15) is 0 Å². The second-order valence-corrected chi connectivity index (χ2v) is 6.69. The summed E-state index contributed by atoms with van der Waals surface area (Å²) in [5, 5.41) is 11.4. The first-order chi connectivity index (χ1) is 13.5. The monoisotopic (exact) mass is 402 g/mol. The molecule has 0 atom stereocenters. The highest BCUT2D eigenvalue weighted by Crippen LogP contribution is 2.29. The highest BCUT2D eigenvalue weighted by molar-refractivity contribution is 7.99. The number of thioether (sulfide) groups is 1. The minimum atomic E-state index is -0.376. The summed E-state index contributed by atoms with van der Waals surface area (Å²) in [6.07, 6.45) is 0. The first kappa shape index (κ1) is 19.7. The molecule has 9 heteroatoms. The number of anilines is 1. The molecule has 28 heavy (non-hydrogen) atoms. The Labute approximate surface area is 165 Å². The molecule has 0 aliphatic heterocycles. The third kappa shape index (κ3) is 4.25. The van der Waals surface area contributed by atoms with Crippen molar-refractivity contribution >= 4 is 23.4 Å². The lowest BCUT2D eigenvalue weighted by Gasteiger charge is -2.11. The van der Waals surface area contributed by atoms with E-state index in [2.05, 4.69) is 15.5 Å². The smallest absolute Gasteiger partial charge is 0.234 e. The molecule has 7 nitrogen and oxygen atoms in total. The molecular weight excluding hydrogens is 383 g/mol. The van der Waals surface area contributed by atoms with Crippen LogP contribution in [0.4, 0.5) is 10.1 Å². The fraction of sp³-hybridized carbons (Fsp3) is 0.211. The molecule has 0 aliphatic carbocycles. The molecule has 0 spiro atoms. The van der Waals surface area contributed by atoms with E-state index in [4.69, 9.17) is 9.47 Å². The minimum absolute atomic E-state index is 0.110. The zero-order valence-electron chi connectivity index (χ0n) is 15.6. The summed E-state index contributed by atoms with van der Waals surface area (Å²) in [4.78, 5) is 12.3. The predicted molar refractivity (Wildman–Crippen MR) is 105 cm³/mol. The zero-order valence-corrected chi connectivity index (χ0v) is 16.4. The molecule has 1 heterocycles. The average Bonchev–Trinajstić information content (AvgIpc) is 3.07. The maximum absolute atomic E-state index is 14.0. The van der Waals surface area contributed by atoms with Gasteiger partial charge in [0.2, 0.25) is 5.91 Å². The summed E-state index contributed by atoms with van der Waals surface area (Å²) in [6.45, 7) is 0. The van der Waals surface area contributed by atoms with Gasteiger partial charge in [0.25, 0.3) is 0 Å². The number of amides is 1. The molecular formula is C19H19FN4O3S. The van der Waals surface area contributed by atoms with Gasteiger partial charge in [0.1, 0.15) is 17.3 Å². The number of hydrogen-bond donors (Lipinski definition) is 1. The maximum Gasteiger partial charge on any atom is 0.234 e. The van der Waals surface area contributed by atoms with E-state index in [1.165, 1.54) is 24.9 Å². The van der Waals surface area contributed by atoms with Crippen molar-refractivity contribution in [3.8, 4) is 22.9 Å². The van der Waals surface area contributed by atoms with Crippen molar-refractivity contribution in [3.63, 3.8) is 0 Å². The van der Waals surface area contributed by atoms with Crippen molar-refractivity contribution in [1.82, 2.24) is 14.8 Å². The molecule has 1 aromatic heterocycles. The lowest BCUT2D eigenvalue weighted by Crippen LogP contribution is -2.15. The van der Waals surface area contributed by atoms with Gasteiger partial charge in [-0.15, -0.1) is 10.2 Å². The van der Waals surface area contributed by atoms with Crippen LogP contribution in [0, 0.1) is 5.82 Å². The van der Waals surface area contributed by atoms with Crippen molar-refractivity contribution in [1.29, 1.82) is 0 Å². The predicted octanol–water partition coefficient (Wildman–Crippen LogP) is 3.37. The summed E-state index contributed by atoms with van der Waals surface area (Å²) in [6, 6.07) is 11.5. The Bertz CT molecular complexity index is 993. The topological polar surface area (TPSA) is 78.3 Å². The standard InChI is InChI=1S/C19H19FN4O3S/c1-24-18(13-6-4-5-7-14(13)20)22-23-19(24)28-11-17(25)21-15-9-8-12(26-2)10-16(15)27-3/h4-10H,11H2,1-3H3,(H,21,25). The summed E-state index contributed by atoms with van der Waals surface area (Å²) < 4.78 is 26.0. The largest absolute Gasteiger partial charge is 0.497 e. The highest BCUT2D eigenvalue weighted by atomic mass is 32.2. The Kier molecular flexibility index (Phi) is 6.15. The lowest BCUT2D eigenvalue weighted by atomic mass is 10.2. The van der Waals surface area contributed by atoms with E-state index in [9.17, 15) is 9.18 Å². The number of benzene rings is 2. The van der Waals surface area contributed by atoms with E-state index in [0.717, 1.165) is 0 Å². The quantitative estimate of drug-likeness (QED) is 0.611. The zero-order chi connectivity index (χ0) is 20.1. The Hall–Kier alpha value is -3.07. The van der Waals surface area contributed by atoms with Gasteiger partial charge in [-0.25, -0.2) is 4.39 Å². The van der Waals surface area contributed by atoms with Crippen LogP contribution in [0.15, 0.2) is 47.6 Å². The van der Waals surface area contributed by atoms with Crippen LogP contribution in [0.25, 0.3) is 11.4 Å². The first-order valence-corrected chi connectivity index (χ1v) is 9.31. The Morgan fingerprint density at radius 3 is 2.68 bits per heavy atom. The first-order valence-electron chi connectivity index (χ1n) is 8.32. The van der Waals surface area contributed by atoms with E-state index in [1.807, 2.05) is 0 Å². The van der Waals surface area contributed by atoms with Crippen molar-refractivity contribution in [2.45, 2.75) is 5.16 Å². The van der Waals surface area contributed by atoms with Crippen molar-refractivity contribution in [2.24, 2.45) is 7.05 Å². The van der Waals surface area contributed by atoms with Crippen molar-refractivity contribution < 1.29 is 18.7 Å². The molecule has 0 radical (unpaired) electrons. The Morgan fingerprint density at radius 1 is 1.18 bits per heavy atom.